The smallest absolute Gasteiger partial charge is 0.253 e. The molecule has 1 fully saturated rings. The van der Waals surface area contributed by atoms with Gasteiger partial charge in [0.05, 0.1) is 21.6 Å². The number of rotatable bonds is 0. The summed E-state index contributed by atoms with van der Waals surface area (Å²) in [6, 6.07) is 0. The lowest BCUT2D eigenvalue weighted by atomic mass is 9.86. The lowest BCUT2D eigenvalue weighted by Crippen LogP contribution is -2.38. The fourth-order valence-corrected chi connectivity index (χ4v) is 1.12. The van der Waals surface area contributed by atoms with Crippen molar-refractivity contribution in [2.75, 3.05) is 0 Å². The maximum Gasteiger partial charge on any atom is 0.378 e. The van der Waals surface area contributed by atoms with Gasteiger partial charge in [0.25, 0.3) is 0 Å². The number of nitrogens with one attached hydrogen (secondary N) is 2. The summed E-state index contributed by atoms with van der Waals surface area (Å²) in [5, 5.41) is 13.8. The first kappa shape index (κ1) is 9.98. The van der Waals surface area contributed by atoms with E-state index in [4.69, 9.17) is 10.8 Å². The minimum atomic E-state index is -1.11. The van der Waals surface area contributed by atoms with Crippen LogP contribution < -0.4 is 0 Å². The van der Waals surface area contributed by atoms with E-state index in [0.29, 0.717) is 0 Å². The molecule has 0 amide bonds. The highest BCUT2D eigenvalue weighted by atomic mass is 16.9. The fraction of sp³-hybridized carbons (Fsp3) is 0.429. The van der Waals surface area contributed by atoms with Crippen LogP contribution in [0.15, 0.2) is 11.4 Å². The maximum atomic E-state index is 11.0. The summed E-state index contributed by atoms with van der Waals surface area (Å²) >= 11 is 0. The summed E-state index contributed by atoms with van der Waals surface area (Å²) in [5.41, 5.74) is -1.47. The molecule has 0 aromatic rings. The molecule has 2 N–H and O–H groups in total. The van der Waals surface area contributed by atoms with Crippen molar-refractivity contribution in [2.24, 2.45) is 5.41 Å². The van der Waals surface area contributed by atoms with Crippen LogP contribution in [0.4, 0.5) is 0 Å². The van der Waals surface area contributed by atoms with E-state index in [1.807, 2.05) is 11.7 Å². The molecule has 7 heteroatoms. The molecule has 7 nitrogen and oxygen atoms in total. The van der Waals surface area contributed by atoms with Crippen LogP contribution in [0, 0.1) is 26.0 Å². The molecule has 1 rings (SSSR count). The lowest BCUT2D eigenvalue weighted by Gasteiger charge is -2.12. The average Bonchev–Trinajstić information content (AvgIpc) is 2.02. The van der Waals surface area contributed by atoms with Crippen LogP contribution in [-0.4, -0.2) is 21.6 Å². The summed E-state index contributed by atoms with van der Waals surface area (Å²) in [4.78, 5) is 26.0. The van der Waals surface area contributed by atoms with E-state index < -0.39 is 5.41 Å². The highest BCUT2D eigenvalue weighted by molar-refractivity contribution is 5.60. The highest BCUT2D eigenvalue weighted by Gasteiger charge is 2.60. The van der Waals surface area contributed by atoms with Crippen LogP contribution in [0.2, 0.25) is 0 Å². The van der Waals surface area contributed by atoms with Gasteiger partial charge in [0.1, 0.15) is 4.94 Å². The van der Waals surface area contributed by atoms with Gasteiger partial charge in [-0.15, -0.1) is 0 Å². The zero-order valence-electron chi connectivity index (χ0n) is 7.62. The van der Waals surface area contributed by atoms with E-state index in [9.17, 15) is 9.81 Å². The van der Waals surface area contributed by atoms with Crippen LogP contribution in [0.1, 0.15) is 13.8 Å². The quantitative estimate of drug-likeness (QED) is 0.558. The Hall–Kier alpha value is -2.10. The van der Waals surface area contributed by atoms with Gasteiger partial charge in [-0.05, 0) is 13.8 Å². The third-order valence-corrected chi connectivity index (χ3v) is 1.93. The molecule has 0 aromatic heterocycles. The molecule has 0 saturated carbocycles. The van der Waals surface area contributed by atoms with E-state index in [0.717, 1.165) is 0 Å². The summed E-state index contributed by atoms with van der Waals surface area (Å²) in [6.45, 7) is 3.00. The Morgan fingerprint density at radius 1 is 1.14 bits per heavy atom. The highest BCUT2D eigenvalue weighted by Crippen LogP contribution is 2.36. The van der Waals surface area contributed by atoms with Crippen molar-refractivity contribution >= 4 is 11.7 Å². The van der Waals surface area contributed by atoms with Crippen molar-refractivity contribution < 1.29 is 14.8 Å². The van der Waals surface area contributed by atoms with Crippen molar-refractivity contribution in [1.29, 1.82) is 10.8 Å². The second-order valence-electron chi connectivity index (χ2n) is 3.17. The number of hydrogen-bond acceptors (Lipinski definition) is 5. The van der Waals surface area contributed by atoms with Gasteiger partial charge in [-0.25, -0.2) is 0 Å². The van der Waals surface area contributed by atoms with Crippen LogP contribution in [0.5, 0.6) is 0 Å². The summed E-state index contributed by atoms with van der Waals surface area (Å²) in [7, 11) is 0. The Balaban J connectivity index is 3.44. The SMILES string of the molecule is CC1(C)C(=C=N)[N+](=O)O[N+](=O)C1=C=N. The predicted octanol–water partition coefficient (Wildman–Crippen LogP) is 0.695. The molecular weight excluding hydrogens is 188 g/mol. The zero-order chi connectivity index (χ0) is 10.9. The molecule has 72 valence electrons. The molecule has 14 heavy (non-hydrogen) atoms. The van der Waals surface area contributed by atoms with Gasteiger partial charge in [0.15, 0.2) is 5.41 Å². The van der Waals surface area contributed by atoms with Crippen LogP contribution >= 0.6 is 0 Å². The largest absolute Gasteiger partial charge is 0.378 e. The zero-order valence-corrected chi connectivity index (χ0v) is 7.62. The molecular formula is C7H8N4O3+2. The van der Waals surface area contributed by atoms with Gasteiger partial charge in [0.2, 0.25) is 0 Å². The average molecular weight is 196 g/mol. The fourth-order valence-electron chi connectivity index (χ4n) is 1.12. The van der Waals surface area contributed by atoms with Gasteiger partial charge < -0.3 is 0 Å². The first-order valence-electron chi connectivity index (χ1n) is 3.68. The van der Waals surface area contributed by atoms with Gasteiger partial charge >= 0.3 is 21.2 Å². The second-order valence-corrected chi connectivity index (χ2v) is 3.17. The topological polar surface area (TPSA) is 97.1 Å². The maximum absolute atomic E-state index is 11.0. The Bertz CT molecular complexity index is 386. The standard InChI is InChI=1S/C7H8N4O3/c1-7(2)5(3-8)10(12)14-11(13)6(7)4-9/h8-9H,1-2H3/q+2. The van der Waals surface area contributed by atoms with Crippen molar-refractivity contribution in [3.63, 3.8) is 0 Å². The predicted molar refractivity (Wildman–Crippen MR) is 44.6 cm³/mol. The molecule has 0 atom stereocenters. The van der Waals surface area contributed by atoms with Crippen molar-refractivity contribution in [1.82, 2.24) is 0 Å². The molecule has 0 aliphatic carbocycles. The van der Waals surface area contributed by atoms with E-state index >= 15 is 0 Å². The molecule has 1 aliphatic heterocycles. The van der Waals surface area contributed by atoms with Crippen LogP contribution in [0.25, 0.3) is 0 Å². The van der Waals surface area contributed by atoms with E-state index in [1.165, 1.54) is 13.8 Å². The van der Waals surface area contributed by atoms with Crippen molar-refractivity contribution in [3.8, 4) is 0 Å². The number of nitrogens with zero attached hydrogens (tertiary/aromatic N) is 2. The Morgan fingerprint density at radius 3 is 1.79 bits per heavy atom. The minimum absolute atomic E-state index is 0.0964. The molecule has 1 saturated heterocycles. The third-order valence-electron chi connectivity index (χ3n) is 1.93. The van der Waals surface area contributed by atoms with E-state index in [-0.39, 0.29) is 21.2 Å². The Morgan fingerprint density at radius 2 is 1.50 bits per heavy atom. The molecule has 0 bridgehead atoms. The molecule has 1 heterocycles. The van der Waals surface area contributed by atoms with Crippen LogP contribution in [-0.2, 0) is 4.94 Å². The summed E-state index contributed by atoms with van der Waals surface area (Å²) < 4.78 is 0. The van der Waals surface area contributed by atoms with Gasteiger partial charge in [-0.2, -0.15) is 0 Å². The summed E-state index contributed by atoms with van der Waals surface area (Å²) in [5.74, 6) is 3.75. The van der Waals surface area contributed by atoms with Gasteiger partial charge in [-0.1, -0.05) is 0 Å². The first-order valence-corrected chi connectivity index (χ1v) is 3.68. The minimum Gasteiger partial charge on any atom is -0.253 e. The van der Waals surface area contributed by atoms with Gasteiger partial charge in [-0.3, -0.25) is 10.8 Å². The third kappa shape index (κ3) is 1.17. The van der Waals surface area contributed by atoms with Gasteiger partial charge in [0, 0.05) is 0 Å². The molecule has 1 aliphatic rings. The Labute approximate surface area is 78.7 Å². The van der Waals surface area contributed by atoms with Crippen molar-refractivity contribution in [2.45, 2.75) is 13.8 Å². The van der Waals surface area contributed by atoms with Crippen molar-refractivity contribution in [3.05, 3.63) is 21.2 Å². The van der Waals surface area contributed by atoms with E-state index in [2.05, 4.69) is 4.94 Å². The normalized spacial score (nSPS) is 19.9. The molecule has 0 aromatic carbocycles. The lowest BCUT2D eigenvalue weighted by molar-refractivity contribution is -1.05. The molecule has 0 unspecified atom stereocenters. The van der Waals surface area contributed by atoms with E-state index in [1.54, 1.807) is 0 Å². The Kier molecular flexibility index (Phi) is 2.13. The summed E-state index contributed by atoms with van der Waals surface area (Å²) in [6.07, 6.45) is 0. The first-order chi connectivity index (χ1) is 6.45. The molecule has 0 radical (unpaired) electrons. The molecule has 0 spiro atoms. The monoisotopic (exact) mass is 196 g/mol. The second kappa shape index (κ2) is 2.99. The van der Waals surface area contributed by atoms with Crippen LogP contribution in [0.3, 0.4) is 0 Å². The number of hydrogen-bond donors (Lipinski definition) is 2.